The van der Waals surface area contributed by atoms with Crippen LogP contribution >= 0.6 is 37.2 Å². The second-order valence-corrected chi connectivity index (χ2v) is 18.3. The summed E-state index contributed by atoms with van der Waals surface area (Å²) < 4.78 is 37.0. The van der Waals surface area contributed by atoms with E-state index in [9.17, 15) is 34.8 Å². The van der Waals surface area contributed by atoms with Gasteiger partial charge >= 0.3 is 0 Å². The lowest BCUT2D eigenvalue weighted by Crippen LogP contribution is -2.09. The van der Waals surface area contributed by atoms with Crippen molar-refractivity contribution >= 4 is 72.8 Å². The molecule has 0 fully saturated rings. The first-order valence-electron chi connectivity index (χ1n) is 25.4. The zero-order valence-electron chi connectivity index (χ0n) is 48.8. The Hall–Kier alpha value is -8.45. The third-order valence-electron chi connectivity index (χ3n) is 11.5. The van der Waals surface area contributed by atoms with Crippen molar-refractivity contribution in [2.24, 2.45) is 0 Å². The molecule has 3 heterocycles. The fourth-order valence-corrected chi connectivity index (χ4v) is 7.39. The van der Waals surface area contributed by atoms with Crippen LogP contribution in [0.4, 0.5) is 0 Å². The van der Waals surface area contributed by atoms with Crippen molar-refractivity contribution in [3.05, 3.63) is 195 Å². The van der Waals surface area contributed by atoms with Crippen LogP contribution in [-0.4, -0.2) is 102 Å². The summed E-state index contributed by atoms with van der Waals surface area (Å²) in [7, 11) is 7.24. The van der Waals surface area contributed by atoms with Crippen LogP contribution in [0.25, 0.3) is 18.2 Å². The Labute approximate surface area is 509 Å². The van der Waals surface area contributed by atoms with Gasteiger partial charge in [-0.15, -0.1) is 37.2 Å². The summed E-state index contributed by atoms with van der Waals surface area (Å²) in [6, 6.07) is 20.5. The number of phenols is 4. The molecule has 3 aromatic heterocycles. The lowest BCUT2D eigenvalue weighted by molar-refractivity contribution is 0.0493. The zero-order chi connectivity index (χ0) is 59.4. The smallest absolute Gasteiger partial charge is 0.193 e. The minimum absolute atomic E-state index is 0. The number of ether oxygens (including phenoxy) is 7. The SMILES string of the molecule is COCOc1c(CC=C(C)C)c(O)cc(OC)c1C(=O)/C=C/c1ccccn1.COCOc1cc(OC)c(C(=O)/C=C/c2ccccn2)c(O)c1CC=C(C)C.COc1cc(O)c(CC=C(C)C)c(O)c1C(=O)/C=C/c1ccccn1.Cl.Cl.Cl. The molecule has 84 heavy (non-hydrogen) atoms. The molecule has 0 bridgehead atoms. The molecule has 17 nitrogen and oxygen atoms in total. The Morgan fingerprint density at radius 1 is 0.440 bits per heavy atom. The second-order valence-electron chi connectivity index (χ2n) is 18.3. The van der Waals surface area contributed by atoms with E-state index in [1.165, 1.54) is 65.9 Å². The molecule has 450 valence electrons. The van der Waals surface area contributed by atoms with Crippen molar-refractivity contribution in [2.45, 2.75) is 60.8 Å². The Kier molecular flexibility index (Phi) is 33.6. The van der Waals surface area contributed by atoms with Crippen LogP contribution in [0.15, 0.2) is 145 Å². The predicted molar refractivity (Wildman–Crippen MR) is 335 cm³/mol. The minimum Gasteiger partial charge on any atom is -0.507 e. The maximum absolute atomic E-state index is 13.0. The van der Waals surface area contributed by atoms with Crippen LogP contribution in [0.3, 0.4) is 0 Å². The van der Waals surface area contributed by atoms with Crippen molar-refractivity contribution in [3.63, 3.8) is 0 Å². The number of pyridine rings is 3. The quantitative estimate of drug-likeness (QED) is 0.0191. The number of ketones is 3. The monoisotopic (exact) mass is 1210 g/mol. The Bertz CT molecular complexity index is 3240. The van der Waals surface area contributed by atoms with Gasteiger partial charge in [-0.25, -0.2) is 0 Å². The summed E-state index contributed by atoms with van der Waals surface area (Å²) in [5, 5.41) is 42.0. The largest absolute Gasteiger partial charge is 0.507 e. The van der Waals surface area contributed by atoms with Gasteiger partial charge in [0.15, 0.2) is 30.9 Å². The van der Waals surface area contributed by atoms with Gasteiger partial charge in [-0.2, -0.15) is 0 Å². The van der Waals surface area contributed by atoms with Crippen molar-refractivity contribution in [1.29, 1.82) is 0 Å². The lowest BCUT2D eigenvalue weighted by atomic mass is 9.99. The van der Waals surface area contributed by atoms with Gasteiger partial charge in [-0.3, -0.25) is 29.3 Å². The molecule has 0 saturated heterocycles. The fraction of sp³-hybridized carbons (Fsp3) is 0.250. The van der Waals surface area contributed by atoms with Crippen LogP contribution in [-0.2, 0) is 28.7 Å². The van der Waals surface area contributed by atoms with Crippen LogP contribution in [0.2, 0.25) is 0 Å². The molecule has 0 aliphatic heterocycles. The summed E-state index contributed by atoms with van der Waals surface area (Å²) >= 11 is 0. The van der Waals surface area contributed by atoms with Crippen molar-refractivity contribution in [2.75, 3.05) is 49.1 Å². The van der Waals surface area contributed by atoms with Gasteiger partial charge in [0.05, 0.1) is 38.4 Å². The van der Waals surface area contributed by atoms with E-state index in [-0.39, 0.29) is 125 Å². The number of aromatic hydroxyl groups is 4. The van der Waals surface area contributed by atoms with Gasteiger partial charge in [-0.1, -0.05) is 53.1 Å². The molecule has 0 radical (unpaired) electrons. The van der Waals surface area contributed by atoms with Gasteiger partial charge in [0, 0.05) is 67.7 Å². The number of methoxy groups -OCH3 is 5. The first kappa shape index (κ1) is 73.6. The highest BCUT2D eigenvalue weighted by Crippen LogP contribution is 2.42. The Morgan fingerprint density at radius 2 is 0.786 bits per heavy atom. The number of hydrogen-bond acceptors (Lipinski definition) is 17. The fourth-order valence-electron chi connectivity index (χ4n) is 7.39. The van der Waals surface area contributed by atoms with Crippen molar-refractivity contribution in [1.82, 2.24) is 15.0 Å². The van der Waals surface area contributed by atoms with Crippen LogP contribution in [0.5, 0.6) is 51.7 Å². The van der Waals surface area contributed by atoms with Crippen LogP contribution in [0.1, 0.15) is 106 Å². The minimum atomic E-state index is -0.432. The summed E-state index contributed by atoms with van der Waals surface area (Å²) in [6.45, 7) is 11.6. The number of carbonyl (C=O) groups excluding carboxylic acids is 3. The van der Waals surface area contributed by atoms with E-state index in [4.69, 9.17) is 33.2 Å². The third kappa shape index (κ3) is 22.4. The summed E-state index contributed by atoms with van der Waals surface area (Å²) in [4.78, 5) is 50.8. The molecular weight excluding hydrogens is 1140 g/mol. The lowest BCUT2D eigenvalue weighted by Gasteiger charge is -2.18. The molecule has 0 saturated carbocycles. The third-order valence-corrected chi connectivity index (χ3v) is 11.5. The average molecular weight is 1220 g/mol. The number of aromatic nitrogens is 3. The highest BCUT2D eigenvalue weighted by atomic mass is 35.5. The van der Waals surface area contributed by atoms with Gasteiger partial charge < -0.3 is 53.6 Å². The number of hydrogen-bond donors (Lipinski definition) is 4. The Morgan fingerprint density at radius 3 is 1.17 bits per heavy atom. The van der Waals surface area contributed by atoms with Crippen molar-refractivity contribution < 1.29 is 68.0 Å². The first-order chi connectivity index (χ1) is 38.9. The van der Waals surface area contributed by atoms with E-state index in [0.717, 1.165) is 16.7 Å². The summed E-state index contributed by atoms with van der Waals surface area (Å²) in [5.41, 5.74) is 6.71. The highest BCUT2D eigenvalue weighted by molar-refractivity contribution is 6.12. The van der Waals surface area contributed by atoms with E-state index in [1.54, 1.807) is 79.3 Å². The number of nitrogens with zero attached hydrogens (tertiary/aromatic N) is 3. The van der Waals surface area contributed by atoms with Gasteiger partial charge in [0.1, 0.15) is 68.4 Å². The van der Waals surface area contributed by atoms with Crippen LogP contribution in [0, 0.1) is 0 Å². The maximum Gasteiger partial charge on any atom is 0.193 e. The molecule has 4 N–H and O–H groups in total. The number of carbonyl (C=O) groups is 3. The molecular formula is C64H74Cl3N3O14. The van der Waals surface area contributed by atoms with Crippen molar-refractivity contribution in [3.8, 4) is 51.7 Å². The predicted octanol–water partition coefficient (Wildman–Crippen LogP) is 13.5. The molecule has 0 aliphatic carbocycles. The van der Waals surface area contributed by atoms with E-state index in [1.807, 2.05) is 78.0 Å². The molecule has 20 heteroatoms. The number of halogens is 3. The van der Waals surface area contributed by atoms with E-state index >= 15 is 0 Å². The van der Waals surface area contributed by atoms with Gasteiger partial charge in [0.2, 0.25) is 0 Å². The standard InChI is InChI=1S/2C22H25NO5.C20H21NO4.3ClH/c1-15(2)8-10-17-19(28-14-26-3)13-20(27-4)21(22(17)25)18(24)11-9-16-7-5-6-12-23-16;1-15(2)8-10-17-19(25)13-20(27-4)21(22(17)28-14-26-3)18(24)11-9-16-7-5-6-12-23-16;1-13(2)7-9-15-17(23)12-18(25-3)19(20(15)24)16(22)10-8-14-6-4-5-11-21-14;;;/h2*5-9,11-13,25H,10,14H2,1-4H3;4-8,10-12,23-24H,9H2,1-3H3;3*1H/b2*11-9+;10-8+;;;. The highest BCUT2D eigenvalue weighted by Gasteiger charge is 2.26. The normalized spacial score (nSPS) is 10.3. The second kappa shape index (κ2) is 38.3. The van der Waals surface area contributed by atoms with Gasteiger partial charge in [0.25, 0.3) is 0 Å². The molecule has 0 unspecified atom stereocenters. The molecule has 6 aromatic rings. The summed E-state index contributed by atoms with van der Waals surface area (Å²) in [5.74, 6) is -0.508. The van der Waals surface area contributed by atoms with E-state index in [2.05, 4.69) is 15.0 Å². The first-order valence-corrected chi connectivity index (χ1v) is 25.4. The summed E-state index contributed by atoms with van der Waals surface area (Å²) in [6.07, 6.45) is 20.6. The topological polar surface area (TPSA) is 235 Å². The van der Waals surface area contributed by atoms with E-state index in [0.29, 0.717) is 53.2 Å². The number of allylic oxidation sites excluding steroid dienone is 9. The molecule has 0 aliphatic rings. The number of benzene rings is 3. The number of rotatable bonds is 24. The molecule has 3 aromatic carbocycles. The molecule has 0 amide bonds. The average Bonchev–Trinajstić information content (AvgIpc) is 3.46. The zero-order valence-corrected chi connectivity index (χ0v) is 51.3. The maximum atomic E-state index is 13.0. The van der Waals surface area contributed by atoms with Gasteiger partial charge in [-0.05, 0) is 134 Å². The van der Waals surface area contributed by atoms with Crippen LogP contribution < -0.4 is 23.7 Å². The molecule has 0 atom stereocenters. The Balaban J connectivity index is 0.000000620. The number of phenolic OH excluding ortho intramolecular Hbond substituents is 4. The molecule has 6 rings (SSSR count). The molecule has 0 spiro atoms. The van der Waals surface area contributed by atoms with E-state index < -0.39 is 11.6 Å².